The quantitative estimate of drug-likeness (QED) is 0.872. The molecule has 0 aromatic heterocycles. The Hall–Kier alpha value is -1.13. The molecule has 1 aliphatic heterocycles. The minimum Gasteiger partial charge on any atom is -0.380 e. The Morgan fingerprint density at radius 3 is 2.95 bits per heavy atom. The molecule has 0 aliphatic carbocycles. The van der Waals surface area contributed by atoms with E-state index >= 15 is 0 Å². The molecule has 118 valence electrons. The molecule has 0 bridgehead atoms. The highest BCUT2D eigenvalue weighted by Gasteiger charge is 2.21. The average molecular weight is 294 g/mol. The maximum Gasteiger partial charge on any atom is 0.123 e. The zero-order valence-electron chi connectivity index (χ0n) is 13.4. The van der Waals surface area contributed by atoms with Gasteiger partial charge in [0.1, 0.15) is 5.82 Å². The fraction of sp³-hybridized carbons (Fsp3) is 0.647. The number of rotatable bonds is 6. The minimum atomic E-state index is -0.166. The lowest BCUT2D eigenvalue weighted by molar-refractivity contribution is 0.0893. The molecular weight excluding hydrogens is 267 g/mol. The van der Waals surface area contributed by atoms with Gasteiger partial charge in [-0.05, 0) is 49.1 Å². The third-order valence-corrected chi connectivity index (χ3v) is 3.96. The van der Waals surface area contributed by atoms with Gasteiger partial charge < -0.3 is 15.0 Å². The largest absolute Gasteiger partial charge is 0.380 e. The molecule has 1 heterocycles. The van der Waals surface area contributed by atoms with E-state index in [1.807, 2.05) is 6.07 Å². The number of nitrogens with one attached hydrogen (secondary N) is 1. The van der Waals surface area contributed by atoms with Gasteiger partial charge >= 0.3 is 0 Å². The summed E-state index contributed by atoms with van der Waals surface area (Å²) >= 11 is 0. The Balaban J connectivity index is 2.10. The van der Waals surface area contributed by atoms with Crippen LogP contribution in [-0.4, -0.2) is 32.8 Å². The second kappa shape index (κ2) is 7.76. The van der Waals surface area contributed by atoms with Crippen LogP contribution >= 0.6 is 0 Å². The number of ether oxygens (including phenoxy) is 1. The van der Waals surface area contributed by atoms with Crippen LogP contribution in [0.1, 0.15) is 32.3 Å². The molecule has 0 radical (unpaired) electrons. The van der Waals surface area contributed by atoms with Crippen LogP contribution in [0.5, 0.6) is 0 Å². The van der Waals surface area contributed by atoms with Crippen LogP contribution in [-0.2, 0) is 11.3 Å². The molecular formula is C17H27FN2O. The topological polar surface area (TPSA) is 24.5 Å². The number of hydrogen-bond donors (Lipinski definition) is 1. The Bertz CT molecular complexity index is 450. The van der Waals surface area contributed by atoms with Crippen molar-refractivity contribution in [3.05, 3.63) is 29.6 Å². The first kappa shape index (κ1) is 16.2. The number of hydrogen-bond acceptors (Lipinski definition) is 3. The van der Waals surface area contributed by atoms with Crippen molar-refractivity contribution >= 4 is 5.69 Å². The van der Waals surface area contributed by atoms with Gasteiger partial charge in [-0.1, -0.05) is 13.8 Å². The lowest BCUT2D eigenvalue weighted by Gasteiger charge is -2.35. The second-order valence-corrected chi connectivity index (χ2v) is 6.24. The van der Waals surface area contributed by atoms with Crippen LogP contribution in [0.2, 0.25) is 0 Å². The summed E-state index contributed by atoms with van der Waals surface area (Å²) in [6, 6.07) is 5.11. The Morgan fingerprint density at radius 2 is 2.24 bits per heavy atom. The van der Waals surface area contributed by atoms with Crippen molar-refractivity contribution in [2.24, 2.45) is 5.92 Å². The predicted molar refractivity (Wildman–Crippen MR) is 85.2 cm³/mol. The van der Waals surface area contributed by atoms with Crippen LogP contribution in [0.3, 0.4) is 0 Å². The van der Waals surface area contributed by atoms with E-state index < -0.39 is 0 Å². The molecule has 1 aromatic carbocycles. The summed E-state index contributed by atoms with van der Waals surface area (Å²) in [5.74, 6) is 0.426. The molecule has 0 spiro atoms. The zero-order valence-corrected chi connectivity index (χ0v) is 13.4. The molecule has 1 N–H and O–H groups in total. The molecule has 1 atom stereocenters. The molecule has 1 fully saturated rings. The maximum absolute atomic E-state index is 13.6. The summed E-state index contributed by atoms with van der Waals surface area (Å²) in [6.07, 6.45) is 2.50. The second-order valence-electron chi connectivity index (χ2n) is 6.24. The number of methoxy groups -OCH3 is 1. The van der Waals surface area contributed by atoms with E-state index in [-0.39, 0.29) is 11.9 Å². The van der Waals surface area contributed by atoms with Crippen molar-refractivity contribution in [3.63, 3.8) is 0 Å². The average Bonchev–Trinajstić information content (AvgIpc) is 2.47. The predicted octanol–water partition coefficient (Wildman–Crippen LogP) is 3.19. The van der Waals surface area contributed by atoms with Crippen molar-refractivity contribution in [3.8, 4) is 0 Å². The third kappa shape index (κ3) is 4.68. The molecule has 1 saturated heterocycles. The fourth-order valence-electron chi connectivity index (χ4n) is 2.85. The van der Waals surface area contributed by atoms with Crippen LogP contribution in [0.15, 0.2) is 18.2 Å². The van der Waals surface area contributed by atoms with Crippen molar-refractivity contribution in [1.29, 1.82) is 0 Å². The van der Waals surface area contributed by atoms with Gasteiger partial charge in [-0.25, -0.2) is 4.39 Å². The molecule has 2 rings (SSSR count). The highest BCUT2D eigenvalue weighted by Crippen LogP contribution is 2.26. The molecule has 4 heteroatoms. The van der Waals surface area contributed by atoms with Gasteiger partial charge in [-0.15, -0.1) is 0 Å². The Labute approximate surface area is 127 Å². The first-order chi connectivity index (χ1) is 10.1. The van der Waals surface area contributed by atoms with E-state index in [1.54, 1.807) is 19.2 Å². The molecule has 1 unspecified atom stereocenters. The summed E-state index contributed by atoms with van der Waals surface area (Å²) in [5.41, 5.74) is 2.17. The van der Waals surface area contributed by atoms with Gasteiger partial charge in [0.05, 0.1) is 6.10 Å². The molecule has 1 aromatic rings. The van der Waals surface area contributed by atoms with E-state index in [0.29, 0.717) is 12.5 Å². The van der Waals surface area contributed by atoms with Crippen LogP contribution in [0.25, 0.3) is 0 Å². The van der Waals surface area contributed by atoms with E-state index in [4.69, 9.17) is 4.74 Å². The van der Waals surface area contributed by atoms with Crippen molar-refractivity contribution in [2.75, 3.05) is 31.6 Å². The lowest BCUT2D eigenvalue weighted by atomic mass is 10.0. The Kier molecular flexibility index (Phi) is 6.00. The van der Waals surface area contributed by atoms with E-state index in [0.717, 1.165) is 43.7 Å². The summed E-state index contributed by atoms with van der Waals surface area (Å²) in [6.45, 7) is 7.90. The molecule has 0 saturated carbocycles. The smallest absolute Gasteiger partial charge is 0.123 e. The minimum absolute atomic E-state index is 0.166. The highest BCUT2D eigenvalue weighted by molar-refractivity contribution is 5.54. The van der Waals surface area contributed by atoms with Gasteiger partial charge in [0.15, 0.2) is 0 Å². The monoisotopic (exact) mass is 294 g/mol. The van der Waals surface area contributed by atoms with Crippen molar-refractivity contribution < 1.29 is 9.13 Å². The SMILES string of the molecule is COC1CCCN(c2ccc(F)cc2CNCC(C)C)C1. The lowest BCUT2D eigenvalue weighted by Crippen LogP contribution is -2.40. The van der Waals surface area contributed by atoms with Gasteiger partial charge in [-0.2, -0.15) is 0 Å². The summed E-state index contributed by atoms with van der Waals surface area (Å²) in [7, 11) is 1.77. The number of piperidine rings is 1. The van der Waals surface area contributed by atoms with Crippen LogP contribution in [0, 0.1) is 11.7 Å². The van der Waals surface area contributed by atoms with Crippen LogP contribution < -0.4 is 10.2 Å². The van der Waals surface area contributed by atoms with Crippen molar-refractivity contribution in [1.82, 2.24) is 5.32 Å². The number of benzene rings is 1. The number of anilines is 1. The number of halogens is 1. The maximum atomic E-state index is 13.6. The first-order valence-electron chi connectivity index (χ1n) is 7.87. The molecule has 0 amide bonds. The number of nitrogens with zero attached hydrogens (tertiary/aromatic N) is 1. The normalized spacial score (nSPS) is 19.3. The third-order valence-electron chi connectivity index (χ3n) is 3.96. The molecule has 21 heavy (non-hydrogen) atoms. The first-order valence-corrected chi connectivity index (χ1v) is 7.87. The standard InChI is InChI=1S/C17H27FN2O/c1-13(2)10-19-11-14-9-15(18)6-7-17(14)20-8-4-5-16(12-20)21-3/h6-7,9,13,16,19H,4-5,8,10-12H2,1-3H3. The molecule has 1 aliphatic rings. The summed E-state index contributed by atoms with van der Waals surface area (Å²) in [5, 5.41) is 3.41. The van der Waals surface area contributed by atoms with E-state index in [1.165, 1.54) is 0 Å². The Morgan fingerprint density at radius 1 is 1.43 bits per heavy atom. The van der Waals surface area contributed by atoms with E-state index in [2.05, 4.69) is 24.1 Å². The zero-order chi connectivity index (χ0) is 15.2. The fourth-order valence-corrected chi connectivity index (χ4v) is 2.85. The highest BCUT2D eigenvalue weighted by atomic mass is 19.1. The molecule has 3 nitrogen and oxygen atoms in total. The summed E-state index contributed by atoms with van der Waals surface area (Å²) < 4.78 is 19.1. The van der Waals surface area contributed by atoms with Gasteiger partial charge in [-0.3, -0.25) is 0 Å². The van der Waals surface area contributed by atoms with Crippen molar-refractivity contribution in [2.45, 2.75) is 39.3 Å². The van der Waals surface area contributed by atoms with Gasteiger partial charge in [0, 0.05) is 32.4 Å². The van der Waals surface area contributed by atoms with Crippen LogP contribution in [0.4, 0.5) is 10.1 Å². The van der Waals surface area contributed by atoms with E-state index in [9.17, 15) is 4.39 Å². The van der Waals surface area contributed by atoms with Gasteiger partial charge in [0.2, 0.25) is 0 Å². The summed E-state index contributed by atoms with van der Waals surface area (Å²) in [4.78, 5) is 2.32. The van der Waals surface area contributed by atoms with Gasteiger partial charge in [0.25, 0.3) is 0 Å².